The molecular weight excluding hydrogens is 280 g/mol. The zero-order valence-corrected chi connectivity index (χ0v) is 13.3. The fraction of sp³-hybridized carbons (Fsp3) is 0.529. The van der Waals surface area contributed by atoms with E-state index in [4.69, 9.17) is 4.74 Å². The Kier molecular flexibility index (Phi) is 5.81. The van der Waals surface area contributed by atoms with Crippen LogP contribution >= 0.6 is 0 Å². The molecule has 120 valence electrons. The number of carbonyl (C=O) groups is 2. The van der Waals surface area contributed by atoms with Crippen molar-refractivity contribution in [1.29, 1.82) is 0 Å². The summed E-state index contributed by atoms with van der Waals surface area (Å²) in [6.45, 7) is 5.77. The van der Waals surface area contributed by atoms with Gasteiger partial charge in [0.15, 0.2) is 0 Å². The molecule has 0 bridgehead atoms. The predicted molar refractivity (Wildman–Crippen MR) is 85.6 cm³/mol. The van der Waals surface area contributed by atoms with E-state index in [2.05, 4.69) is 5.32 Å². The summed E-state index contributed by atoms with van der Waals surface area (Å²) < 4.78 is 5.04. The number of aryl methyl sites for hydroxylation is 1. The number of hydrogen-bond donors (Lipinski definition) is 1. The lowest BCUT2D eigenvalue weighted by molar-refractivity contribution is -0.151. The number of rotatable bonds is 5. The highest BCUT2D eigenvalue weighted by atomic mass is 16.5. The molecule has 1 heterocycles. The van der Waals surface area contributed by atoms with Gasteiger partial charge in [-0.2, -0.15) is 0 Å². The van der Waals surface area contributed by atoms with Gasteiger partial charge in [-0.15, -0.1) is 0 Å². The fourth-order valence-corrected chi connectivity index (χ4v) is 2.68. The van der Waals surface area contributed by atoms with Crippen molar-refractivity contribution in [2.24, 2.45) is 5.92 Å². The van der Waals surface area contributed by atoms with Gasteiger partial charge in [-0.05, 0) is 38.3 Å². The monoisotopic (exact) mass is 304 g/mol. The number of carbonyl (C=O) groups excluding carboxylic acids is 2. The molecule has 1 aliphatic rings. The van der Waals surface area contributed by atoms with E-state index in [-0.39, 0.29) is 24.3 Å². The minimum atomic E-state index is -0.132. The first-order chi connectivity index (χ1) is 10.6. The lowest BCUT2D eigenvalue weighted by Crippen LogP contribution is -2.43. The van der Waals surface area contributed by atoms with E-state index in [9.17, 15) is 9.59 Å². The van der Waals surface area contributed by atoms with E-state index >= 15 is 0 Å². The van der Waals surface area contributed by atoms with Crippen LogP contribution in [-0.4, -0.2) is 43.0 Å². The summed E-state index contributed by atoms with van der Waals surface area (Å²) in [4.78, 5) is 25.7. The van der Waals surface area contributed by atoms with Crippen LogP contribution in [0.4, 0.5) is 5.69 Å². The van der Waals surface area contributed by atoms with Crippen LogP contribution in [0.1, 0.15) is 25.3 Å². The van der Waals surface area contributed by atoms with E-state index in [1.165, 1.54) is 0 Å². The standard InChI is InChI=1S/C17H24N2O3/c1-3-22-17(21)14-8-10-19(11-9-14)16(20)12-18-15-7-5-4-6-13(15)2/h4-7,14,18H,3,8-12H2,1-2H3. The molecule has 1 N–H and O–H groups in total. The second-order valence-electron chi connectivity index (χ2n) is 5.58. The Morgan fingerprint density at radius 3 is 2.59 bits per heavy atom. The van der Waals surface area contributed by atoms with Gasteiger partial charge in [0.25, 0.3) is 0 Å². The molecule has 0 spiro atoms. The van der Waals surface area contributed by atoms with E-state index in [0.29, 0.717) is 32.5 Å². The number of esters is 1. The topological polar surface area (TPSA) is 58.6 Å². The Morgan fingerprint density at radius 2 is 1.95 bits per heavy atom. The van der Waals surface area contributed by atoms with Crippen LogP contribution in [0, 0.1) is 12.8 Å². The largest absolute Gasteiger partial charge is 0.466 e. The van der Waals surface area contributed by atoms with Crippen LogP contribution in [0.3, 0.4) is 0 Å². The molecule has 0 aromatic heterocycles. The third-order valence-corrected chi connectivity index (χ3v) is 4.04. The van der Waals surface area contributed by atoms with Crippen LogP contribution in [0.25, 0.3) is 0 Å². The number of hydrogen-bond acceptors (Lipinski definition) is 4. The molecule has 0 unspecified atom stereocenters. The van der Waals surface area contributed by atoms with Crippen LogP contribution in [0.5, 0.6) is 0 Å². The lowest BCUT2D eigenvalue weighted by atomic mass is 9.97. The average molecular weight is 304 g/mol. The molecule has 1 amide bonds. The van der Waals surface area contributed by atoms with Crippen LogP contribution in [0.2, 0.25) is 0 Å². The molecular formula is C17H24N2O3. The molecule has 1 aromatic rings. The van der Waals surface area contributed by atoms with Crippen LogP contribution in [0.15, 0.2) is 24.3 Å². The first-order valence-electron chi connectivity index (χ1n) is 7.85. The highest BCUT2D eigenvalue weighted by Crippen LogP contribution is 2.19. The summed E-state index contributed by atoms with van der Waals surface area (Å²) >= 11 is 0. The molecule has 1 saturated heterocycles. The number of anilines is 1. The minimum absolute atomic E-state index is 0.0617. The third-order valence-electron chi connectivity index (χ3n) is 4.04. The maximum Gasteiger partial charge on any atom is 0.309 e. The molecule has 22 heavy (non-hydrogen) atoms. The fourth-order valence-electron chi connectivity index (χ4n) is 2.68. The van der Waals surface area contributed by atoms with Crippen molar-refractivity contribution < 1.29 is 14.3 Å². The predicted octanol–water partition coefficient (Wildman–Crippen LogP) is 2.21. The maximum absolute atomic E-state index is 12.2. The molecule has 0 aliphatic carbocycles. The number of piperidine rings is 1. The molecule has 5 nitrogen and oxygen atoms in total. The average Bonchev–Trinajstić information content (AvgIpc) is 2.54. The summed E-state index contributed by atoms with van der Waals surface area (Å²) in [5, 5.41) is 3.18. The normalized spacial score (nSPS) is 15.5. The van der Waals surface area contributed by atoms with Crippen molar-refractivity contribution in [2.75, 3.05) is 31.6 Å². The summed E-state index contributed by atoms with van der Waals surface area (Å²) in [7, 11) is 0. The molecule has 0 saturated carbocycles. The second-order valence-corrected chi connectivity index (χ2v) is 5.58. The number of amides is 1. The van der Waals surface area contributed by atoms with E-state index in [1.807, 2.05) is 43.0 Å². The van der Waals surface area contributed by atoms with Gasteiger partial charge in [0.1, 0.15) is 0 Å². The molecule has 0 atom stereocenters. The van der Waals surface area contributed by atoms with E-state index in [0.717, 1.165) is 11.3 Å². The van der Waals surface area contributed by atoms with Gasteiger partial charge < -0.3 is 15.0 Å². The van der Waals surface area contributed by atoms with Crippen molar-refractivity contribution in [2.45, 2.75) is 26.7 Å². The summed E-state index contributed by atoms with van der Waals surface area (Å²) in [5.74, 6) is -0.119. The Labute approximate surface area is 131 Å². The second kappa shape index (κ2) is 7.82. The van der Waals surface area contributed by atoms with Crippen molar-refractivity contribution >= 4 is 17.6 Å². The van der Waals surface area contributed by atoms with Crippen molar-refractivity contribution in [3.8, 4) is 0 Å². The van der Waals surface area contributed by atoms with Gasteiger partial charge in [0, 0.05) is 18.8 Å². The Morgan fingerprint density at radius 1 is 1.27 bits per heavy atom. The highest BCUT2D eigenvalue weighted by Gasteiger charge is 2.27. The Balaban J connectivity index is 1.78. The summed E-state index contributed by atoms with van der Waals surface area (Å²) in [6, 6.07) is 7.90. The van der Waals surface area contributed by atoms with Crippen LogP contribution in [-0.2, 0) is 14.3 Å². The van der Waals surface area contributed by atoms with Gasteiger partial charge >= 0.3 is 5.97 Å². The first-order valence-corrected chi connectivity index (χ1v) is 7.85. The van der Waals surface area contributed by atoms with Gasteiger partial charge in [0.2, 0.25) is 5.91 Å². The highest BCUT2D eigenvalue weighted by molar-refractivity contribution is 5.81. The third kappa shape index (κ3) is 4.23. The van der Waals surface area contributed by atoms with Gasteiger partial charge in [-0.3, -0.25) is 9.59 Å². The molecule has 0 radical (unpaired) electrons. The molecule has 1 fully saturated rings. The lowest BCUT2D eigenvalue weighted by Gasteiger charge is -2.31. The van der Waals surface area contributed by atoms with Crippen molar-refractivity contribution in [1.82, 2.24) is 4.90 Å². The molecule has 2 rings (SSSR count). The quantitative estimate of drug-likeness (QED) is 0.847. The van der Waals surface area contributed by atoms with Crippen LogP contribution < -0.4 is 5.32 Å². The smallest absolute Gasteiger partial charge is 0.309 e. The van der Waals surface area contributed by atoms with E-state index in [1.54, 1.807) is 0 Å². The summed E-state index contributed by atoms with van der Waals surface area (Å²) in [6.07, 6.45) is 1.38. The number of ether oxygens (including phenoxy) is 1. The number of nitrogens with zero attached hydrogens (tertiary/aromatic N) is 1. The minimum Gasteiger partial charge on any atom is -0.466 e. The Bertz CT molecular complexity index is 522. The van der Waals surface area contributed by atoms with Gasteiger partial charge in [0.05, 0.1) is 19.1 Å². The number of likely N-dealkylation sites (tertiary alicyclic amines) is 1. The number of benzene rings is 1. The Hall–Kier alpha value is -2.04. The number of para-hydroxylation sites is 1. The molecule has 1 aliphatic heterocycles. The summed E-state index contributed by atoms with van der Waals surface area (Å²) in [5.41, 5.74) is 2.11. The SMILES string of the molecule is CCOC(=O)C1CCN(C(=O)CNc2ccccc2C)CC1. The van der Waals surface area contributed by atoms with Gasteiger partial charge in [-0.25, -0.2) is 0 Å². The van der Waals surface area contributed by atoms with Crippen molar-refractivity contribution in [3.05, 3.63) is 29.8 Å². The number of nitrogens with one attached hydrogen (secondary N) is 1. The first kappa shape index (κ1) is 16.3. The molecule has 1 aromatic carbocycles. The van der Waals surface area contributed by atoms with E-state index < -0.39 is 0 Å². The zero-order valence-electron chi connectivity index (χ0n) is 13.3. The maximum atomic E-state index is 12.2. The van der Waals surface area contributed by atoms with Gasteiger partial charge in [-0.1, -0.05) is 18.2 Å². The van der Waals surface area contributed by atoms with Crippen molar-refractivity contribution in [3.63, 3.8) is 0 Å². The molecule has 5 heteroatoms. The zero-order chi connectivity index (χ0) is 15.9.